The number of anilines is 1. The number of para-hydroxylation sites is 1. The van der Waals surface area contributed by atoms with Crippen LogP contribution in [0.5, 0.6) is 0 Å². The largest absolute Gasteiger partial charge is 0.325 e. The van der Waals surface area contributed by atoms with E-state index in [0.29, 0.717) is 11.7 Å². The molecule has 0 unspecified atom stereocenters. The lowest BCUT2D eigenvalue weighted by molar-refractivity contribution is -0.113. The first-order valence-corrected chi connectivity index (χ1v) is 13.0. The van der Waals surface area contributed by atoms with Gasteiger partial charge in [-0.3, -0.25) is 14.2 Å². The molecule has 1 aliphatic rings. The summed E-state index contributed by atoms with van der Waals surface area (Å²) >= 11 is 2.96. The molecule has 0 saturated carbocycles. The second kappa shape index (κ2) is 10.0. The first kappa shape index (κ1) is 22.8. The number of nitrogens with one attached hydrogen (secondary N) is 1. The molecule has 2 heterocycles. The monoisotopic (exact) mass is 467 g/mol. The molecule has 32 heavy (non-hydrogen) atoms. The molecule has 3 aromatic rings. The van der Waals surface area contributed by atoms with Gasteiger partial charge < -0.3 is 5.32 Å². The van der Waals surface area contributed by atoms with E-state index >= 15 is 0 Å². The summed E-state index contributed by atoms with van der Waals surface area (Å²) in [6.07, 6.45) is 8.04. The fourth-order valence-electron chi connectivity index (χ4n) is 4.30. The molecule has 0 radical (unpaired) electrons. The van der Waals surface area contributed by atoms with E-state index < -0.39 is 0 Å². The van der Waals surface area contributed by atoms with Crippen molar-refractivity contribution >= 4 is 44.9 Å². The molecule has 1 N–H and O–H groups in total. The van der Waals surface area contributed by atoms with Crippen molar-refractivity contribution in [2.75, 3.05) is 11.1 Å². The summed E-state index contributed by atoms with van der Waals surface area (Å²) in [7, 11) is 0. The molecule has 0 aliphatic heterocycles. The Bertz CT molecular complexity index is 1230. The third-order valence-electron chi connectivity index (χ3n) is 5.94. The van der Waals surface area contributed by atoms with Crippen LogP contribution in [0.25, 0.3) is 10.2 Å². The molecule has 5 nitrogen and oxygen atoms in total. The zero-order valence-corrected chi connectivity index (χ0v) is 20.3. The molecule has 4 rings (SSSR count). The highest BCUT2D eigenvalue weighted by Gasteiger charge is 2.21. The number of thiophene rings is 1. The average Bonchev–Trinajstić information content (AvgIpc) is 2.97. The summed E-state index contributed by atoms with van der Waals surface area (Å²) in [6.45, 7) is 8.28. The number of fused-ring (bicyclic) bond motifs is 3. The van der Waals surface area contributed by atoms with Crippen LogP contribution in [0.1, 0.15) is 47.8 Å². The summed E-state index contributed by atoms with van der Waals surface area (Å²) in [5.41, 5.74) is 4.23. The standard InChI is InChI=1S/C25H29N3O2S2/c1-4-14-28-24(30)21-18-12-7-6-8-13-19(18)32-23(21)27-25(28)31-15-20(29)26-22-16(3)10-9-11-17(22)5-2/h4,9-11H,1,5-8,12-15H2,2-3H3,(H,26,29). The van der Waals surface area contributed by atoms with Gasteiger partial charge in [-0.05, 0) is 55.7 Å². The highest BCUT2D eigenvalue weighted by atomic mass is 32.2. The first-order chi connectivity index (χ1) is 15.5. The number of amides is 1. The Hall–Kier alpha value is -2.38. The van der Waals surface area contributed by atoms with Gasteiger partial charge in [-0.1, -0.05) is 49.4 Å². The van der Waals surface area contributed by atoms with Crippen molar-refractivity contribution < 1.29 is 4.79 Å². The Morgan fingerprint density at radius 3 is 2.91 bits per heavy atom. The molecule has 168 valence electrons. The van der Waals surface area contributed by atoms with Crippen molar-refractivity contribution in [2.24, 2.45) is 0 Å². The number of aryl methyl sites for hydroxylation is 4. The van der Waals surface area contributed by atoms with E-state index in [1.165, 1.54) is 35.0 Å². The van der Waals surface area contributed by atoms with Crippen molar-refractivity contribution in [3.63, 3.8) is 0 Å². The number of aromatic nitrogens is 2. The number of carbonyl (C=O) groups excluding carboxylic acids is 1. The molecule has 7 heteroatoms. The molecule has 1 amide bonds. The number of benzene rings is 1. The van der Waals surface area contributed by atoms with Crippen LogP contribution in [0.3, 0.4) is 0 Å². The smallest absolute Gasteiger partial charge is 0.263 e. The minimum atomic E-state index is -0.0968. The molecular weight excluding hydrogens is 438 g/mol. The zero-order chi connectivity index (χ0) is 22.7. The molecular formula is C25H29N3O2S2. The lowest BCUT2D eigenvalue weighted by Crippen LogP contribution is -2.24. The van der Waals surface area contributed by atoms with E-state index in [2.05, 4.69) is 18.8 Å². The van der Waals surface area contributed by atoms with Crippen LogP contribution in [0.4, 0.5) is 5.69 Å². The van der Waals surface area contributed by atoms with Crippen molar-refractivity contribution in [1.82, 2.24) is 9.55 Å². The second-order valence-electron chi connectivity index (χ2n) is 8.14. The lowest BCUT2D eigenvalue weighted by Gasteiger charge is -2.14. The lowest BCUT2D eigenvalue weighted by atomic mass is 10.1. The maximum absolute atomic E-state index is 13.4. The van der Waals surface area contributed by atoms with Gasteiger partial charge in [0.25, 0.3) is 5.56 Å². The van der Waals surface area contributed by atoms with Gasteiger partial charge in [-0.25, -0.2) is 4.98 Å². The van der Waals surface area contributed by atoms with Gasteiger partial charge in [0.2, 0.25) is 5.91 Å². The summed E-state index contributed by atoms with van der Waals surface area (Å²) in [5.74, 6) is 0.0953. The van der Waals surface area contributed by atoms with Crippen LogP contribution in [-0.4, -0.2) is 21.2 Å². The normalized spacial score (nSPS) is 13.6. The summed E-state index contributed by atoms with van der Waals surface area (Å²) in [5, 5.41) is 4.41. The SMILES string of the molecule is C=CCn1c(SCC(=O)Nc2c(C)cccc2CC)nc2sc3c(c2c1=O)CCCCC3. The van der Waals surface area contributed by atoms with Gasteiger partial charge in [-0.15, -0.1) is 17.9 Å². The summed E-state index contributed by atoms with van der Waals surface area (Å²) < 4.78 is 1.66. The van der Waals surface area contributed by atoms with Gasteiger partial charge in [-0.2, -0.15) is 0 Å². The second-order valence-corrected chi connectivity index (χ2v) is 10.2. The van der Waals surface area contributed by atoms with Crippen LogP contribution in [0.2, 0.25) is 0 Å². The van der Waals surface area contributed by atoms with Gasteiger partial charge in [0.05, 0.1) is 11.1 Å². The van der Waals surface area contributed by atoms with Gasteiger partial charge in [0.1, 0.15) is 4.83 Å². The minimum Gasteiger partial charge on any atom is -0.325 e. The van der Waals surface area contributed by atoms with Crippen LogP contribution >= 0.6 is 23.1 Å². The molecule has 0 bridgehead atoms. The zero-order valence-electron chi connectivity index (χ0n) is 18.7. The summed E-state index contributed by atoms with van der Waals surface area (Å²) in [4.78, 5) is 33.1. The van der Waals surface area contributed by atoms with Crippen LogP contribution < -0.4 is 10.9 Å². The van der Waals surface area contributed by atoms with E-state index in [-0.39, 0.29) is 17.2 Å². The van der Waals surface area contributed by atoms with Gasteiger partial charge in [0.15, 0.2) is 5.16 Å². The summed E-state index contributed by atoms with van der Waals surface area (Å²) in [6, 6.07) is 6.04. The Morgan fingerprint density at radius 2 is 2.12 bits per heavy atom. The predicted octanol–water partition coefficient (Wildman–Crippen LogP) is 5.51. The van der Waals surface area contributed by atoms with Crippen molar-refractivity contribution in [3.05, 3.63) is 62.8 Å². The van der Waals surface area contributed by atoms with E-state index in [1.54, 1.807) is 22.0 Å². The number of hydrogen-bond donors (Lipinski definition) is 1. The maximum atomic E-state index is 13.4. The maximum Gasteiger partial charge on any atom is 0.263 e. The molecule has 2 aromatic heterocycles. The number of nitrogens with zero attached hydrogens (tertiary/aromatic N) is 2. The van der Waals surface area contributed by atoms with Crippen LogP contribution in [0, 0.1) is 6.92 Å². The van der Waals surface area contributed by atoms with Crippen LogP contribution in [0.15, 0.2) is 40.8 Å². The Kier molecular flexibility index (Phi) is 7.16. The molecule has 1 aromatic carbocycles. The number of allylic oxidation sites excluding steroid dienone is 1. The Labute approximate surface area is 197 Å². The molecule has 1 aliphatic carbocycles. The number of carbonyl (C=O) groups is 1. The van der Waals surface area contributed by atoms with Crippen LogP contribution in [-0.2, 0) is 30.6 Å². The quantitative estimate of drug-likeness (QED) is 0.215. The Morgan fingerprint density at radius 1 is 1.31 bits per heavy atom. The Balaban J connectivity index is 1.61. The molecule has 0 spiro atoms. The van der Waals surface area contributed by atoms with E-state index in [1.807, 2.05) is 25.1 Å². The molecule has 0 fully saturated rings. The van der Waals surface area contributed by atoms with Crippen molar-refractivity contribution in [1.29, 1.82) is 0 Å². The topological polar surface area (TPSA) is 64.0 Å². The first-order valence-electron chi connectivity index (χ1n) is 11.2. The number of rotatable bonds is 7. The number of thioether (sulfide) groups is 1. The van der Waals surface area contributed by atoms with Crippen molar-refractivity contribution in [2.45, 2.75) is 64.1 Å². The van der Waals surface area contributed by atoms with Gasteiger partial charge >= 0.3 is 0 Å². The minimum absolute atomic E-state index is 0.00983. The van der Waals surface area contributed by atoms with Gasteiger partial charge in [0, 0.05) is 17.1 Å². The molecule has 0 saturated heterocycles. The predicted molar refractivity (Wildman–Crippen MR) is 135 cm³/mol. The molecule has 0 atom stereocenters. The fourth-order valence-corrected chi connectivity index (χ4v) is 6.42. The average molecular weight is 468 g/mol. The fraction of sp³-hybridized carbons (Fsp3) is 0.400. The third-order valence-corrected chi connectivity index (χ3v) is 8.10. The third kappa shape index (κ3) is 4.55. The highest BCUT2D eigenvalue weighted by molar-refractivity contribution is 7.99. The number of hydrogen-bond acceptors (Lipinski definition) is 5. The van der Waals surface area contributed by atoms with E-state index in [4.69, 9.17) is 4.98 Å². The highest BCUT2D eigenvalue weighted by Crippen LogP contribution is 2.34. The van der Waals surface area contributed by atoms with E-state index in [9.17, 15) is 9.59 Å². The van der Waals surface area contributed by atoms with E-state index in [0.717, 1.165) is 52.7 Å². The van der Waals surface area contributed by atoms with Crippen molar-refractivity contribution in [3.8, 4) is 0 Å².